The predicted octanol–water partition coefficient (Wildman–Crippen LogP) is 4.35. The quantitative estimate of drug-likeness (QED) is 0.467. The number of nitrogens with one attached hydrogen (secondary N) is 1. The van der Waals surface area contributed by atoms with E-state index in [0.717, 1.165) is 11.3 Å². The SMILES string of the molecule is COc1ccc(CNCc2nc3ccccc3c(=O)n2-c2ccc(Cl)cc2)cc1OC. The maximum atomic E-state index is 13.3. The highest BCUT2D eigenvalue weighted by molar-refractivity contribution is 6.30. The van der Waals surface area contributed by atoms with Crippen LogP contribution in [-0.4, -0.2) is 23.8 Å². The molecule has 1 heterocycles. The van der Waals surface area contributed by atoms with Crippen LogP contribution in [0.1, 0.15) is 11.4 Å². The molecule has 4 rings (SSSR count). The lowest BCUT2D eigenvalue weighted by Crippen LogP contribution is -2.27. The highest BCUT2D eigenvalue weighted by Crippen LogP contribution is 2.27. The second-order valence-electron chi connectivity index (χ2n) is 6.96. The van der Waals surface area contributed by atoms with Gasteiger partial charge in [-0.25, -0.2) is 4.98 Å². The third-order valence-electron chi connectivity index (χ3n) is 4.99. The largest absolute Gasteiger partial charge is 0.493 e. The van der Waals surface area contributed by atoms with Gasteiger partial charge < -0.3 is 14.8 Å². The van der Waals surface area contributed by atoms with Gasteiger partial charge in [0.05, 0.1) is 37.4 Å². The number of hydrogen-bond acceptors (Lipinski definition) is 5. The second kappa shape index (κ2) is 9.20. The van der Waals surface area contributed by atoms with Crippen LogP contribution in [0.5, 0.6) is 11.5 Å². The molecule has 0 saturated carbocycles. The molecule has 3 aromatic carbocycles. The molecule has 0 aliphatic heterocycles. The van der Waals surface area contributed by atoms with Gasteiger partial charge in [0.2, 0.25) is 0 Å². The van der Waals surface area contributed by atoms with Crippen molar-refractivity contribution in [1.29, 1.82) is 0 Å². The van der Waals surface area contributed by atoms with Crippen LogP contribution < -0.4 is 20.3 Å². The van der Waals surface area contributed by atoms with Gasteiger partial charge in [-0.1, -0.05) is 29.8 Å². The lowest BCUT2D eigenvalue weighted by Gasteiger charge is -2.15. The van der Waals surface area contributed by atoms with Crippen molar-refractivity contribution in [2.45, 2.75) is 13.1 Å². The minimum Gasteiger partial charge on any atom is -0.493 e. The van der Waals surface area contributed by atoms with Crippen molar-refractivity contribution in [1.82, 2.24) is 14.9 Å². The van der Waals surface area contributed by atoms with Crippen LogP contribution in [0.2, 0.25) is 5.02 Å². The van der Waals surface area contributed by atoms with E-state index in [2.05, 4.69) is 5.32 Å². The average Bonchev–Trinajstić information content (AvgIpc) is 2.80. The molecule has 7 heteroatoms. The number of ether oxygens (including phenoxy) is 2. The Hall–Kier alpha value is -3.35. The van der Waals surface area contributed by atoms with E-state index in [-0.39, 0.29) is 5.56 Å². The van der Waals surface area contributed by atoms with E-state index in [1.54, 1.807) is 37.0 Å². The summed E-state index contributed by atoms with van der Waals surface area (Å²) in [5.41, 5.74) is 2.30. The zero-order valence-corrected chi connectivity index (χ0v) is 18.0. The summed E-state index contributed by atoms with van der Waals surface area (Å²) in [5, 5.41) is 4.56. The molecule has 1 N–H and O–H groups in total. The fourth-order valence-corrected chi connectivity index (χ4v) is 3.59. The molecule has 0 aliphatic rings. The molecule has 0 bridgehead atoms. The van der Waals surface area contributed by atoms with Gasteiger partial charge in [-0.2, -0.15) is 0 Å². The predicted molar refractivity (Wildman–Crippen MR) is 122 cm³/mol. The molecule has 0 amide bonds. The van der Waals surface area contributed by atoms with Crippen LogP contribution in [0.3, 0.4) is 0 Å². The molecule has 0 spiro atoms. The summed E-state index contributed by atoms with van der Waals surface area (Å²) in [6.45, 7) is 0.973. The number of hydrogen-bond donors (Lipinski definition) is 1. The van der Waals surface area contributed by atoms with Crippen molar-refractivity contribution < 1.29 is 9.47 Å². The monoisotopic (exact) mass is 435 g/mol. The number of fused-ring (bicyclic) bond motifs is 1. The molecule has 0 fully saturated rings. The topological polar surface area (TPSA) is 65.4 Å². The summed E-state index contributed by atoms with van der Waals surface area (Å²) in [5.74, 6) is 1.97. The standard InChI is InChI=1S/C24H22ClN3O3/c1-30-21-12-7-16(13-22(21)31-2)14-26-15-23-27-20-6-4-3-5-19(20)24(29)28(23)18-10-8-17(25)9-11-18/h3-13,26H,14-15H2,1-2H3. The molecule has 31 heavy (non-hydrogen) atoms. The lowest BCUT2D eigenvalue weighted by molar-refractivity contribution is 0.354. The molecule has 0 radical (unpaired) electrons. The maximum Gasteiger partial charge on any atom is 0.266 e. The van der Waals surface area contributed by atoms with Gasteiger partial charge in [0, 0.05) is 11.6 Å². The summed E-state index contributed by atoms with van der Waals surface area (Å²) in [4.78, 5) is 18.0. The first-order valence-electron chi connectivity index (χ1n) is 9.79. The minimum atomic E-state index is -0.115. The Kier molecular flexibility index (Phi) is 6.21. The molecular formula is C24H22ClN3O3. The van der Waals surface area contributed by atoms with Gasteiger partial charge in [0.15, 0.2) is 11.5 Å². The van der Waals surface area contributed by atoms with Crippen LogP contribution >= 0.6 is 11.6 Å². The molecule has 0 atom stereocenters. The van der Waals surface area contributed by atoms with Crippen LogP contribution in [-0.2, 0) is 13.1 Å². The Morgan fingerprint density at radius 3 is 2.42 bits per heavy atom. The van der Waals surface area contributed by atoms with E-state index in [4.69, 9.17) is 26.1 Å². The van der Waals surface area contributed by atoms with Crippen molar-refractivity contribution in [3.05, 3.63) is 93.5 Å². The number of aromatic nitrogens is 2. The van der Waals surface area contributed by atoms with E-state index in [1.807, 2.05) is 48.5 Å². The lowest BCUT2D eigenvalue weighted by atomic mass is 10.2. The van der Waals surface area contributed by atoms with Crippen LogP contribution in [0, 0.1) is 0 Å². The fourth-order valence-electron chi connectivity index (χ4n) is 3.46. The number of rotatable bonds is 7. The van der Waals surface area contributed by atoms with E-state index >= 15 is 0 Å². The summed E-state index contributed by atoms with van der Waals surface area (Å²) in [6.07, 6.45) is 0. The Morgan fingerprint density at radius 1 is 0.935 bits per heavy atom. The van der Waals surface area contributed by atoms with E-state index in [0.29, 0.717) is 46.3 Å². The molecule has 1 aromatic heterocycles. The van der Waals surface area contributed by atoms with Gasteiger partial charge in [-0.05, 0) is 54.1 Å². The first-order chi connectivity index (χ1) is 15.1. The first kappa shape index (κ1) is 20.9. The molecule has 4 aromatic rings. The number of nitrogens with zero attached hydrogens (tertiary/aromatic N) is 2. The van der Waals surface area contributed by atoms with Crippen molar-refractivity contribution in [2.24, 2.45) is 0 Å². The van der Waals surface area contributed by atoms with E-state index < -0.39 is 0 Å². The summed E-state index contributed by atoms with van der Waals surface area (Å²) in [7, 11) is 3.22. The summed E-state index contributed by atoms with van der Waals surface area (Å²) in [6, 6.07) is 20.3. The number of benzene rings is 3. The number of methoxy groups -OCH3 is 2. The van der Waals surface area contributed by atoms with Crippen LogP contribution in [0.15, 0.2) is 71.5 Å². The van der Waals surface area contributed by atoms with Crippen LogP contribution in [0.4, 0.5) is 0 Å². The van der Waals surface area contributed by atoms with Gasteiger partial charge in [-0.3, -0.25) is 9.36 Å². The van der Waals surface area contributed by atoms with Crippen molar-refractivity contribution in [2.75, 3.05) is 14.2 Å². The van der Waals surface area contributed by atoms with E-state index in [9.17, 15) is 4.79 Å². The Bertz CT molecular complexity index is 1270. The van der Waals surface area contributed by atoms with Gasteiger partial charge in [-0.15, -0.1) is 0 Å². The molecular weight excluding hydrogens is 414 g/mol. The first-order valence-corrected chi connectivity index (χ1v) is 10.2. The average molecular weight is 436 g/mol. The number of para-hydroxylation sites is 1. The third-order valence-corrected chi connectivity index (χ3v) is 5.24. The second-order valence-corrected chi connectivity index (χ2v) is 7.39. The minimum absolute atomic E-state index is 0.115. The smallest absolute Gasteiger partial charge is 0.266 e. The Labute approximate surface area is 185 Å². The molecule has 158 valence electrons. The third kappa shape index (κ3) is 4.40. The van der Waals surface area contributed by atoms with Gasteiger partial charge >= 0.3 is 0 Å². The van der Waals surface area contributed by atoms with E-state index in [1.165, 1.54) is 0 Å². The molecule has 0 saturated heterocycles. The van der Waals surface area contributed by atoms with Gasteiger partial charge in [0.1, 0.15) is 5.82 Å². The Balaban J connectivity index is 1.66. The summed E-state index contributed by atoms with van der Waals surface area (Å²) >= 11 is 6.04. The fraction of sp³-hybridized carbons (Fsp3) is 0.167. The zero-order chi connectivity index (χ0) is 21.8. The molecule has 6 nitrogen and oxygen atoms in total. The normalized spacial score (nSPS) is 10.9. The molecule has 0 unspecified atom stereocenters. The van der Waals surface area contributed by atoms with Crippen molar-refractivity contribution in [3.8, 4) is 17.2 Å². The zero-order valence-electron chi connectivity index (χ0n) is 17.3. The highest BCUT2D eigenvalue weighted by atomic mass is 35.5. The van der Waals surface area contributed by atoms with Crippen molar-refractivity contribution >= 4 is 22.5 Å². The summed E-state index contributed by atoms with van der Waals surface area (Å²) < 4.78 is 12.3. The maximum absolute atomic E-state index is 13.3. The Morgan fingerprint density at radius 2 is 1.68 bits per heavy atom. The van der Waals surface area contributed by atoms with Gasteiger partial charge in [0.25, 0.3) is 5.56 Å². The molecule has 0 aliphatic carbocycles. The number of halogens is 1. The highest BCUT2D eigenvalue weighted by Gasteiger charge is 2.13. The van der Waals surface area contributed by atoms with Crippen LogP contribution in [0.25, 0.3) is 16.6 Å². The van der Waals surface area contributed by atoms with Crippen molar-refractivity contribution in [3.63, 3.8) is 0 Å².